The van der Waals surface area contributed by atoms with E-state index in [1.165, 1.54) is 0 Å². The largest absolute Gasteiger partial charge is 0.497 e. The molecule has 0 spiro atoms. The Morgan fingerprint density at radius 2 is 1.08 bits per heavy atom. The highest BCUT2D eigenvalue weighted by atomic mass is 33.1. The number of hydrogen-bond acceptors (Lipinski definition) is 8. The maximum absolute atomic E-state index is 8.71. The molecule has 0 aliphatic carbocycles. The molecule has 0 saturated heterocycles. The standard InChI is InChI=1S/C31H40O6S2/c1-33-29-14-10-27(11-15-29)31(26-8-4-3-5-9-26,28-12-16-30(34-2)17-13-28)37-23-22-36-20-7-25-39-38-24-6-19-35-21-18-32/h3-5,8-17,32H,6-7,18-25H2,1-2H3. The minimum Gasteiger partial charge on any atom is -0.497 e. The van der Waals surface area contributed by atoms with Crippen molar-refractivity contribution in [2.75, 3.05) is 65.4 Å². The van der Waals surface area contributed by atoms with E-state index in [0.717, 1.165) is 52.5 Å². The predicted octanol–water partition coefficient (Wildman–Crippen LogP) is 6.20. The summed E-state index contributed by atoms with van der Waals surface area (Å²) in [7, 11) is 7.06. The van der Waals surface area contributed by atoms with Crippen LogP contribution in [0.2, 0.25) is 0 Å². The summed E-state index contributed by atoms with van der Waals surface area (Å²) in [5, 5.41) is 8.71. The summed E-state index contributed by atoms with van der Waals surface area (Å²) in [5.74, 6) is 3.67. The minimum absolute atomic E-state index is 0.0864. The molecular formula is C31H40O6S2. The van der Waals surface area contributed by atoms with E-state index in [-0.39, 0.29) is 6.61 Å². The molecule has 0 radical (unpaired) electrons. The van der Waals surface area contributed by atoms with E-state index < -0.39 is 5.60 Å². The van der Waals surface area contributed by atoms with E-state index in [1.807, 2.05) is 64.1 Å². The van der Waals surface area contributed by atoms with Gasteiger partial charge in [-0.05, 0) is 53.8 Å². The zero-order chi connectivity index (χ0) is 27.6. The molecule has 0 bridgehead atoms. The number of benzene rings is 3. The van der Waals surface area contributed by atoms with E-state index in [4.69, 9.17) is 28.8 Å². The topological polar surface area (TPSA) is 66.4 Å². The average molecular weight is 573 g/mol. The zero-order valence-electron chi connectivity index (χ0n) is 22.9. The van der Waals surface area contributed by atoms with Crippen molar-refractivity contribution in [3.63, 3.8) is 0 Å². The maximum atomic E-state index is 8.71. The Bertz CT molecular complexity index is 984. The van der Waals surface area contributed by atoms with E-state index in [0.29, 0.717) is 33.0 Å². The van der Waals surface area contributed by atoms with Crippen LogP contribution in [-0.2, 0) is 19.8 Å². The quantitative estimate of drug-likeness (QED) is 0.0976. The normalized spacial score (nSPS) is 11.5. The second-order valence-electron chi connectivity index (χ2n) is 8.65. The second kappa shape index (κ2) is 18.2. The molecule has 0 aliphatic rings. The summed E-state index contributed by atoms with van der Waals surface area (Å²) < 4.78 is 28.9. The molecule has 0 amide bonds. The van der Waals surface area contributed by atoms with Gasteiger partial charge in [0.2, 0.25) is 0 Å². The molecule has 0 fully saturated rings. The van der Waals surface area contributed by atoms with Crippen molar-refractivity contribution >= 4 is 21.6 Å². The number of rotatable bonds is 20. The van der Waals surface area contributed by atoms with Crippen molar-refractivity contribution in [2.45, 2.75) is 18.4 Å². The number of ether oxygens (including phenoxy) is 5. The molecule has 0 atom stereocenters. The van der Waals surface area contributed by atoms with E-state index in [2.05, 4.69) is 36.4 Å². The van der Waals surface area contributed by atoms with Crippen LogP contribution in [0.4, 0.5) is 0 Å². The molecule has 0 aromatic heterocycles. The molecule has 3 aromatic carbocycles. The lowest BCUT2D eigenvalue weighted by atomic mass is 9.80. The van der Waals surface area contributed by atoms with Gasteiger partial charge < -0.3 is 28.8 Å². The molecule has 8 heteroatoms. The van der Waals surface area contributed by atoms with Gasteiger partial charge in [-0.15, -0.1) is 0 Å². The number of methoxy groups -OCH3 is 2. The van der Waals surface area contributed by atoms with Gasteiger partial charge in [0.05, 0.1) is 40.6 Å². The summed E-state index contributed by atoms with van der Waals surface area (Å²) in [4.78, 5) is 0. The van der Waals surface area contributed by atoms with Crippen molar-refractivity contribution in [2.24, 2.45) is 0 Å². The summed E-state index contributed by atoms with van der Waals surface area (Å²) in [6.07, 6.45) is 1.98. The van der Waals surface area contributed by atoms with Gasteiger partial charge in [-0.3, -0.25) is 0 Å². The fraction of sp³-hybridized carbons (Fsp3) is 0.419. The van der Waals surface area contributed by atoms with Crippen LogP contribution in [-0.4, -0.2) is 70.5 Å². The predicted molar refractivity (Wildman–Crippen MR) is 161 cm³/mol. The van der Waals surface area contributed by atoms with Crippen LogP contribution < -0.4 is 9.47 Å². The fourth-order valence-corrected chi connectivity index (χ4v) is 6.28. The van der Waals surface area contributed by atoms with Crippen LogP contribution in [0.3, 0.4) is 0 Å². The Morgan fingerprint density at radius 1 is 0.590 bits per heavy atom. The van der Waals surface area contributed by atoms with Crippen molar-refractivity contribution in [1.29, 1.82) is 0 Å². The molecule has 39 heavy (non-hydrogen) atoms. The fourth-order valence-electron chi connectivity index (χ4n) is 4.15. The zero-order valence-corrected chi connectivity index (χ0v) is 24.5. The van der Waals surface area contributed by atoms with Crippen LogP contribution in [0.25, 0.3) is 0 Å². The van der Waals surface area contributed by atoms with Gasteiger partial charge in [0.15, 0.2) is 0 Å². The van der Waals surface area contributed by atoms with E-state index in [9.17, 15) is 0 Å². The van der Waals surface area contributed by atoms with Crippen molar-refractivity contribution < 1.29 is 28.8 Å². The van der Waals surface area contributed by atoms with Gasteiger partial charge in [-0.1, -0.05) is 76.2 Å². The number of aliphatic hydroxyl groups is 1. The molecule has 1 N–H and O–H groups in total. The van der Waals surface area contributed by atoms with Crippen LogP contribution in [0.1, 0.15) is 29.5 Å². The lowest BCUT2D eigenvalue weighted by molar-refractivity contribution is -0.0235. The Morgan fingerprint density at radius 3 is 1.56 bits per heavy atom. The molecule has 0 saturated carbocycles. The first kappa shape index (κ1) is 31.3. The molecule has 212 valence electrons. The summed E-state index contributed by atoms with van der Waals surface area (Å²) in [6, 6.07) is 26.4. The van der Waals surface area contributed by atoms with Gasteiger partial charge in [-0.25, -0.2) is 0 Å². The lowest BCUT2D eigenvalue weighted by Crippen LogP contribution is -2.34. The molecule has 6 nitrogen and oxygen atoms in total. The van der Waals surface area contributed by atoms with Crippen LogP contribution in [0.15, 0.2) is 78.9 Å². The smallest absolute Gasteiger partial charge is 0.143 e. The van der Waals surface area contributed by atoms with Crippen molar-refractivity contribution in [3.05, 3.63) is 95.6 Å². The summed E-state index contributed by atoms with van der Waals surface area (Å²) >= 11 is 0. The third kappa shape index (κ3) is 9.74. The first-order chi connectivity index (χ1) is 19.2. The highest BCUT2D eigenvalue weighted by Gasteiger charge is 2.37. The summed E-state index contributed by atoms with van der Waals surface area (Å²) in [5.41, 5.74) is 2.23. The number of aliphatic hydroxyl groups excluding tert-OH is 1. The minimum atomic E-state index is -0.823. The Balaban J connectivity index is 1.61. The first-order valence-corrected chi connectivity index (χ1v) is 15.7. The van der Waals surface area contributed by atoms with Gasteiger partial charge in [-0.2, -0.15) is 0 Å². The van der Waals surface area contributed by atoms with Gasteiger partial charge in [0.1, 0.15) is 17.1 Å². The van der Waals surface area contributed by atoms with Crippen LogP contribution in [0.5, 0.6) is 11.5 Å². The molecule has 3 aromatic rings. The van der Waals surface area contributed by atoms with Gasteiger partial charge in [0, 0.05) is 24.7 Å². The third-order valence-corrected chi connectivity index (χ3v) is 8.65. The maximum Gasteiger partial charge on any atom is 0.143 e. The molecule has 0 heterocycles. The number of hydrogen-bond donors (Lipinski definition) is 1. The van der Waals surface area contributed by atoms with Crippen molar-refractivity contribution in [3.8, 4) is 11.5 Å². The van der Waals surface area contributed by atoms with E-state index in [1.54, 1.807) is 14.2 Å². The highest BCUT2D eigenvalue weighted by molar-refractivity contribution is 8.76. The second-order valence-corrected chi connectivity index (χ2v) is 11.4. The average Bonchev–Trinajstić information content (AvgIpc) is 3.00. The van der Waals surface area contributed by atoms with Crippen LogP contribution in [0, 0.1) is 0 Å². The van der Waals surface area contributed by atoms with Gasteiger partial charge in [0.25, 0.3) is 0 Å². The van der Waals surface area contributed by atoms with Crippen molar-refractivity contribution in [1.82, 2.24) is 0 Å². The molecule has 3 rings (SSSR count). The lowest BCUT2D eigenvalue weighted by Gasteiger charge is -2.36. The van der Waals surface area contributed by atoms with Gasteiger partial charge >= 0.3 is 0 Å². The molecular weight excluding hydrogens is 532 g/mol. The highest BCUT2D eigenvalue weighted by Crippen LogP contribution is 2.41. The Hall–Kier alpha value is -2.20. The SMILES string of the molecule is COc1ccc(C(OCCOCCCSSCCCOCCO)(c2ccccc2)c2ccc(OC)cc2)cc1. The summed E-state index contributed by atoms with van der Waals surface area (Å²) in [6.45, 7) is 2.84. The molecule has 0 unspecified atom stereocenters. The monoisotopic (exact) mass is 572 g/mol. The van der Waals surface area contributed by atoms with Crippen LogP contribution >= 0.6 is 21.6 Å². The van der Waals surface area contributed by atoms with E-state index >= 15 is 0 Å². The molecule has 0 aliphatic heterocycles. The Labute approximate surface area is 240 Å². The third-order valence-electron chi connectivity index (χ3n) is 6.07. The first-order valence-electron chi connectivity index (χ1n) is 13.2. The Kier molecular flexibility index (Phi) is 14.6.